The van der Waals surface area contributed by atoms with Crippen molar-refractivity contribution in [1.29, 1.82) is 0 Å². The minimum Gasteiger partial charge on any atom is -0.466 e. The molecule has 2 aliphatic rings. The second-order valence-corrected chi connectivity index (χ2v) is 5.68. The third kappa shape index (κ3) is 2.85. The first kappa shape index (κ1) is 16.5. The van der Waals surface area contributed by atoms with Crippen LogP contribution in [0.3, 0.4) is 0 Å². The molecule has 2 rings (SSSR count). The minimum atomic E-state index is -1.10. The Hall–Kier alpha value is -1.91. The number of hydrogen-bond donors (Lipinski definition) is 0. The van der Waals surface area contributed by atoms with Crippen molar-refractivity contribution in [2.75, 3.05) is 6.61 Å². The van der Waals surface area contributed by atoms with Crippen molar-refractivity contribution in [3.05, 3.63) is 24.3 Å². The fourth-order valence-electron chi connectivity index (χ4n) is 3.46. The Labute approximate surface area is 130 Å². The molecule has 0 bridgehead atoms. The van der Waals surface area contributed by atoms with E-state index >= 15 is 0 Å². The van der Waals surface area contributed by atoms with Gasteiger partial charge in [-0.25, -0.2) is 4.79 Å². The number of hydrogen-bond acceptors (Lipinski definition) is 5. The van der Waals surface area contributed by atoms with Gasteiger partial charge in [-0.05, 0) is 25.3 Å². The lowest BCUT2D eigenvalue weighted by Gasteiger charge is -2.44. The zero-order valence-corrected chi connectivity index (χ0v) is 13.0. The highest BCUT2D eigenvalue weighted by Gasteiger charge is 2.56. The fraction of sp³-hybridized carbons (Fsp3) is 0.588. The monoisotopic (exact) mass is 306 g/mol. The molecule has 0 radical (unpaired) electrons. The van der Waals surface area contributed by atoms with E-state index in [1.54, 1.807) is 13.0 Å². The molecule has 0 fully saturated rings. The highest BCUT2D eigenvalue weighted by atomic mass is 16.6. The maximum Gasteiger partial charge on any atom is 0.331 e. The molecule has 120 valence electrons. The molecular formula is C17H22O5. The maximum atomic E-state index is 12.5. The van der Waals surface area contributed by atoms with Gasteiger partial charge in [0.15, 0.2) is 5.60 Å². The predicted octanol–water partition coefficient (Wildman–Crippen LogP) is 2.21. The van der Waals surface area contributed by atoms with Gasteiger partial charge in [0.2, 0.25) is 0 Å². The van der Waals surface area contributed by atoms with Crippen molar-refractivity contribution in [2.24, 2.45) is 17.8 Å². The quantitative estimate of drug-likeness (QED) is 0.427. The Morgan fingerprint density at radius 2 is 2.18 bits per heavy atom. The molecule has 1 heterocycles. The lowest BCUT2D eigenvalue weighted by Crippen LogP contribution is -2.53. The summed E-state index contributed by atoms with van der Waals surface area (Å²) in [6.45, 7) is 4.05. The first-order valence-electron chi connectivity index (χ1n) is 7.79. The average molecular weight is 306 g/mol. The molecule has 0 aromatic carbocycles. The fourth-order valence-corrected chi connectivity index (χ4v) is 3.46. The lowest BCUT2D eigenvalue weighted by atomic mass is 9.65. The Kier molecular flexibility index (Phi) is 5.16. The number of rotatable bonds is 6. The van der Waals surface area contributed by atoms with E-state index in [4.69, 9.17) is 9.47 Å². The lowest BCUT2D eigenvalue weighted by molar-refractivity contribution is -0.173. The maximum absolute atomic E-state index is 12.5. The molecule has 1 aliphatic heterocycles. The zero-order valence-electron chi connectivity index (χ0n) is 13.0. The molecule has 0 amide bonds. The topological polar surface area (TPSA) is 69.7 Å². The first-order valence-corrected chi connectivity index (χ1v) is 7.79. The SMILES string of the molecule is CCC[C@H]1C=C[C@@H](CC=O)[C@@]2(C=CC(=O)O2)[C@H]1C(=O)OCC. The van der Waals surface area contributed by atoms with Gasteiger partial charge in [-0.15, -0.1) is 0 Å². The van der Waals surface area contributed by atoms with Crippen molar-refractivity contribution in [2.45, 2.75) is 38.7 Å². The predicted molar refractivity (Wildman–Crippen MR) is 79.8 cm³/mol. The van der Waals surface area contributed by atoms with Gasteiger partial charge in [0.05, 0.1) is 6.61 Å². The molecule has 0 aromatic heterocycles. The van der Waals surface area contributed by atoms with E-state index in [1.165, 1.54) is 6.08 Å². The molecular weight excluding hydrogens is 284 g/mol. The van der Waals surface area contributed by atoms with Crippen LogP contribution in [0, 0.1) is 17.8 Å². The summed E-state index contributed by atoms with van der Waals surface area (Å²) in [5.41, 5.74) is -1.10. The van der Waals surface area contributed by atoms with Crippen LogP contribution in [0.2, 0.25) is 0 Å². The second kappa shape index (κ2) is 6.90. The smallest absolute Gasteiger partial charge is 0.331 e. The van der Waals surface area contributed by atoms with Crippen molar-refractivity contribution in [3.8, 4) is 0 Å². The molecule has 1 aliphatic carbocycles. The summed E-state index contributed by atoms with van der Waals surface area (Å²) in [6.07, 6.45) is 9.52. The standard InChI is InChI=1S/C17H22O5/c1-3-5-12-6-7-13(9-11-18)17(10-8-14(19)22-17)15(12)16(20)21-4-2/h6-8,10-13,15H,3-5,9H2,1-2H3/t12-,13-,15+,17-/m0/s1. The van der Waals surface area contributed by atoms with Crippen molar-refractivity contribution in [3.63, 3.8) is 0 Å². The van der Waals surface area contributed by atoms with Crippen LogP contribution in [0.25, 0.3) is 0 Å². The summed E-state index contributed by atoms with van der Waals surface area (Å²) in [7, 11) is 0. The van der Waals surface area contributed by atoms with Gasteiger partial charge in [0, 0.05) is 18.4 Å². The van der Waals surface area contributed by atoms with Crippen molar-refractivity contribution >= 4 is 18.2 Å². The van der Waals surface area contributed by atoms with Crippen LogP contribution in [-0.4, -0.2) is 30.4 Å². The van der Waals surface area contributed by atoms with Gasteiger partial charge < -0.3 is 14.3 Å². The molecule has 0 saturated heterocycles. The number of allylic oxidation sites excluding steroid dienone is 1. The zero-order chi connectivity index (χ0) is 16.2. The highest BCUT2D eigenvalue weighted by molar-refractivity contribution is 5.87. The summed E-state index contributed by atoms with van der Waals surface area (Å²) in [4.78, 5) is 35.2. The number of aldehydes is 1. The Balaban J connectivity index is 2.45. The molecule has 0 saturated carbocycles. The highest BCUT2D eigenvalue weighted by Crippen LogP contribution is 2.47. The van der Waals surface area contributed by atoms with E-state index in [2.05, 4.69) is 0 Å². The van der Waals surface area contributed by atoms with E-state index in [1.807, 2.05) is 19.1 Å². The van der Waals surface area contributed by atoms with E-state index in [0.717, 1.165) is 19.1 Å². The number of esters is 2. The van der Waals surface area contributed by atoms with E-state index in [0.29, 0.717) is 0 Å². The van der Waals surface area contributed by atoms with Crippen LogP contribution < -0.4 is 0 Å². The third-order valence-electron chi connectivity index (χ3n) is 4.35. The summed E-state index contributed by atoms with van der Waals surface area (Å²) < 4.78 is 10.8. The van der Waals surface area contributed by atoms with Crippen molar-refractivity contribution < 1.29 is 23.9 Å². The van der Waals surface area contributed by atoms with E-state index < -0.39 is 17.5 Å². The normalized spacial score (nSPS) is 33.0. The van der Waals surface area contributed by atoms with Crippen LogP contribution >= 0.6 is 0 Å². The van der Waals surface area contributed by atoms with Gasteiger partial charge in [0.25, 0.3) is 0 Å². The van der Waals surface area contributed by atoms with Crippen LogP contribution in [0.1, 0.15) is 33.1 Å². The molecule has 0 aromatic rings. The van der Waals surface area contributed by atoms with Gasteiger partial charge in [-0.1, -0.05) is 25.5 Å². The summed E-state index contributed by atoms with van der Waals surface area (Å²) >= 11 is 0. The Bertz CT molecular complexity index is 507. The summed E-state index contributed by atoms with van der Waals surface area (Å²) in [5.74, 6) is -1.86. The molecule has 0 N–H and O–H groups in total. The number of carbonyl (C=O) groups excluding carboxylic acids is 3. The average Bonchev–Trinajstić information content (AvgIpc) is 2.85. The first-order chi connectivity index (χ1) is 10.6. The number of ether oxygens (including phenoxy) is 2. The van der Waals surface area contributed by atoms with Gasteiger partial charge >= 0.3 is 11.9 Å². The van der Waals surface area contributed by atoms with Gasteiger partial charge in [-0.2, -0.15) is 0 Å². The van der Waals surface area contributed by atoms with Gasteiger partial charge in [0.1, 0.15) is 12.2 Å². The van der Waals surface area contributed by atoms with E-state index in [9.17, 15) is 14.4 Å². The van der Waals surface area contributed by atoms with Crippen molar-refractivity contribution in [1.82, 2.24) is 0 Å². The van der Waals surface area contributed by atoms with E-state index in [-0.39, 0.29) is 30.8 Å². The molecule has 5 nitrogen and oxygen atoms in total. The summed E-state index contributed by atoms with van der Waals surface area (Å²) in [5, 5.41) is 0. The Morgan fingerprint density at radius 1 is 1.41 bits per heavy atom. The number of carbonyl (C=O) groups is 3. The molecule has 4 atom stereocenters. The molecule has 1 spiro atoms. The van der Waals surface area contributed by atoms with Crippen LogP contribution in [0.5, 0.6) is 0 Å². The second-order valence-electron chi connectivity index (χ2n) is 5.68. The van der Waals surface area contributed by atoms with Crippen LogP contribution in [-0.2, 0) is 23.9 Å². The molecule has 22 heavy (non-hydrogen) atoms. The van der Waals surface area contributed by atoms with Gasteiger partial charge in [-0.3, -0.25) is 4.79 Å². The molecule has 0 unspecified atom stereocenters. The molecule has 5 heteroatoms. The third-order valence-corrected chi connectivity index (χ3v) is 4.35. The Morgan fingerprint density at radius 3 is 2.73 bits per heavy atom. The largest absolute Gasteiger partial charge is 0.466 e. The minimum absolute atomic E-state index is 0.0671. The van der Waals surface area contributed by atoms with Crippen LogP contribution in [0.15, 0.2) is 24.3 Å². The summed E-state index contributed by atoms with van der Waals surface area (Å²) in [6, 6.07) is 0. The van der Waals surface area contributed by atoms with Crippen LogP contribution in [0.4, 0.5) is 0 Å².